The van der Waals surface area contributed by atoms with Gasteiger partial charge in [0.15, 0.2) is 23.0 Å². The lowest BCUT2D eigenvalue weighted by Crippen LogP contribution is -2.33. The van der Waals surface area contributed by atoms with Gasteiger partial charge in [0.1, 0.15) is 0 Å². The van der Waals surface area contributed by atoms with E-state index < -0.39 is 23.8 Å². The van der Waals surface area contributed by atoms with E-state index >= 15 is 0 Å². The second-order valence-corrected chi connectivity index (χ2v) is 6.68. The molecule has 162 valence electrons. The number of aliphatic carboxylic acids is 2. The van der Waals surface area contributed by atoms with Crippen molar-refractivity contribution in [3.8, 4) is 23.0 Å². The van der Waals surface area contributed by atoms with Crippen LogP contribution < -0.4 is 18.9 Å². The van der Waals surface area contributed by atoms with Crippen molar-refractivity contribution in [2.75, 3.05) is 28.4 Å². The van der Waals surface area contributed by atoms with E-state index in [0.717, 1.165) is 0 Å². The molecule has 0 bridgehead atoms. The summed E-state index contributed by atoms with van der Waals surface area (Å²) in [6, 6.07) is 10.0. The average Bonchev–Trinajstić information content (AvgIpc) is 2.75. The van der Waals surface area contributed by atoms with E-state index in [2.05, 4.69) is 0 Å². The minimum atomic E-state index is -1.18. The zero-order valence-corrected chi connectivity index (χ0v) is 17.4. The molecule has 0 aliphatic carbocycles. The molecule has 2 N–H and O–H groups in total. The molecule has 0 fully saturated rings. The number of methoxy groups -OCH3 is 4. The number of benzene rings is 2. The van der Waals surface area contributed by atoms with E-state index in [-0.39, 0.29) is 12.8 Å². The second-order valence-electron chi connectivity index (χ2n) is 6.68. The molecule has 30 heavy (non-hydrogen) atoms. The van der Waals surface area contributed by atoms with Gasteiger partial charge in [0.25, 0.3) is 0 Å². The van der Waals surface area contributed by atoms with Gasteiger partial charge in [-0.25, -0.2) is 0 Å². The zero-order chi connectivity index (χ0) is 22.3. The van der Waals surface area contributed by atoms with Crippen LogP contribution in [0.1, 0.15) is 11.1 Å². The molecule has 0 aliphatic heterocycles. The van der Waals surface area contributed by atoms with Crippen molar-refractivity contribution in [3.05, 3.63) is 47.5 Å². The van der Waals surface area contributed by atoms with Crippen LogP contribution in [0.4, 0.5) is 0 Å². The largest absolute Gasteiger partial charge is 0.493 e. The van der Waals surface area contributed by atoms with Crippen LogP contribution in [-0.2, 0) is 22.4 Å². The van der Waals surface area contributed by atoms with Gasteiger partial charge in [-0.15, -0.1) is 0 Å². The quantitative estimate of drug-likeness (QED) is 0.573. The van der Waals surface area contributed by atoms with Crippen LogP contribution >= 0.6 is 0 Å². The van der Waals surface area contributed by atoms with Gasteiger partial charge in [-0.2, -0.15) is 0 Å². The molecule has 8 nitrogen and oxygen atoms in total. The van der Waals surface area contributed by atoms with Crippen LogP contribution in [-0.4, -0.2) is 50.6 Å². The number of carboxylic acids is 2. The normalized spacial score (nSPS) is 12.5. The fraction of sp³-hybridized carbons (Fsp3) is 0.364. The minimum absolute atomic E-state index is 0.0277. The Bertz CT molecular complexity index is 819. The SMILES string of the molecule is COc1ccc(C[C@H](C(=O)O)[C@H](Cc2ccc(OC)c(OC)c2)C(=O)O)cc1OC. The number of carboxylic acid groups (broad SMARTS) is 2. The van der Waals surface area contributed by atoms with Gasteiger partial charge in [-0.1, -0.05) is 12.1 Å². The Hall–Kier alpha value is -3.42. The maximum atomic E-state index is 12.0. The fourth-order valence-electron chi connectivity index (χ4n) is 3.33. The van der Waals surface area contributed by atoms with Crippen molar-refractivity contribution in [3.63, 3.8) is 0 Å². The molecule has 0 heterocycles. The van der Waals surface area contributed by atoms with E-state index in [1.54, 1.807) is 36.4 Å². The number of carbonyl (C=O) groups is 2. The third kappa shape index (κ3) is 5.34. The Morgan fingerprint density at radius 3 is 1.27 bits per heavy atom. The Morgan fingerprint density at radius 1 is 0.667 bits per heavy atom. The predicted molar refractivity (Wildman–Crippen MR) is 109 cm³/mol. The first-order valence-corrected chi connectivity index (χ1v) is 9.22. The topological polar surface area (TPSA) is 112 Å². The van der Waals surface area contributed by atoms with E-state index in [0.29, 0.717) is 34.1 Å². The standard InChI is InChI=1S/C22H26O8/c1-27-17-7-5-13(11-19(17)29-3)9-15(21(23)24)16(22(25)26)10-14-6-8-18(28-2)20(12-14)30-4/h5-8,11-12,15-16H,9-10H2,1-4H3,(H,23,24)(H,25,26)/t15-,16-/m0/s1. The van der Waals surface area contributed by atoms with Gasteiger partial charge in [-0.3, -0.25) is 9.59 Å². The molecule has 0 aliphatic rings. The molecule has 0 aromatic heterocycles. The highest BCUT2D eigenvalue weighted by Crippen LogP contribution is 2.32. The molecule has 2 aromatic rings. The first kappa shape index (κ1) is 22.9. The molecule has 2 rings (SSSR count). The summed E-state index contributed by atoms with van der Waals surface area (Å²) in [7, 11) is 5.96. The molecule has 0 saturated carbocycles. The number of rotatable bonds is 11. The van der Waals surface area contributed by atoms with Crippen LogP contribution in [0.5, 0.6) is 23.0 Å². The lowest BCUT2D eigenvalue weighted by atomic mass is 9.82. The maximum Gasteiger partial charge on any atom is 0.307 e. The Labute approximate surface area is 175 Å². The van der Waals surface area contributed by atoms with Crippen LogP contribution in [0, 0.1) is 11.8 Å². The van der Waals surface area contributed by atoms with Crippen molar-refractivity contribution in [1.82, 2.24) is 0 Å². The Morgan fingerprint density at radius 2 is 1.00 bits per heavy atom. The zero-order valence-electron chi connectivity index (χ0n) is 17.4. The monoisotopic (exact) mass is 418 g/mol. The minimum Gasteiger partial charge on any atom is -0.493 e. The third-order valence-corrected chi connectivity index (χ3v) is 4.93. The summed E-state index contributed by atoms with van der Waals surface area (Å²) >= 11 is 0. The molecule has 0 unspecified atom stereocenters. The van der Waals surface area contributed by atoms with Crippen molar-refractivity contribution in [2.24, 2.45) is 11.8 Å². The predicted octanol–water partition coefficient (Wildman–Crippen LogP) is 2.91. The van der Waals surface area contributed by atoms with Crippen molar-refractivity contribution in [1.29, 1.82) is 0 Å². The highest BCUT2D eigenvalue weighted by molar-refractivity contribution is 5.80. The van der Waals surface area contributed by atoms with Gasteiger partial charge in [0.2, 0.25) is 0 Å². The van der Waals surface area contributed by atoms with Crippen molar-refractivity contribution >= 4 is 11.9 Å². The van der Waals surface area contributed by atoms with Crippen LogP contribution in [0.25, 0.3) is 0 Å². The number of hydrogen-bond donors (Lipinski definition) is 2. The Kier molecular flexibility index (Phi) is 7.91. The van der Waals surface area contributed by atoms with Crippen LogP contribution in [0.2, 0.25) is 0 Å². The highest BCUT2D eigenvalue weighted by Gasteiger charge is 2.34. The molecule has 0 spiro atoms. The lowest BCUT2D eigenvalue weighted by molar-refractivity contribution is -0.153. The summed E-state index contributed by atoms with van der Waals surface area (Å²) in [6.45, 7) is 0. The summed E-state index contributed by atoms with van der Waals surface area (Å²) in [5, 5.41) is 19.6. The molecular weight excluding hydrogens is 392 g/mol. The molecule has 2 atom stereocenters. The summed E-state index contributed by atoms with van der Waals surface area (Å²) in [5.74, 6) is -2.74. The first-order chi connectivity index (χ1) is 14.3. The summed E-state index contributed by atoms with van der Waals surface area (Å²) in [6.07, 6.45) is 0.0554. The lowest BCUT2D eigenvalue weighted by Gasteiger charge is -2.21. The molecule has 0 amide bonds. The van der Waals surface area contributed by atoms with Gasteiger partial charge < -0.3 is 29.2 Å². The van der Waals surface area contributed by atoms with E-state index in [1.165, 1.54) is 28.4 Å². The fourth-order valence-corrected chi connectivity index (χ4v) is 3.33. The second kappa shape index (κ2) is 10.4. The van der Waals surface area contributed by atoms with Gasteiger partial charge >= 0.3 is 11.9 Å². The van der Waals surface area contributed by atoms with Crippen molar-refractivity contribution in [2.45, 2.75) is 12.8 Å². The molecule has 0 saturated heterocycles. The Balaban J connectivity index is 2.33. The van der Waals surface area contributed by atoms with Crippen LogP contribution in [0.15, 0.2) is 36.4 Å². The molecule has 0 radical (unpaired) electrons. The van der Waals surface area contributed by atoms with Crippen LogP contribution in [0.3, 0.4) is 0 Å². The van der Waals surface area contributed by atoms with Gasteiger partial charge in [-0.05, 0) is 48.2 Å². The third-order valence-electron chi connectivity index (χ3n) is 4.93. The smallest absolute Gasteiger partial charge is 0.307 e. The summed E-state index contributed by atoms with van der Waals surface area (Å²) < 4.78 is 20.9. The summed E-state index contributed by atoms with van der Waals surface area (Å²) in [5.41, 5.74) is 1.28. The van der Waals surface area contributed by atoms with E-state index in [9.17, 15) is 19.8 Å². The van der Waals surface area contributed by atoms with Gasteiger partial charge in [0, 0.05) is 0 Å². The van der Waals surface area contributed by atoms with Gasteiger partial charge in [0.05, 0.1) is 40.3 Å². The maximum absolute atomic E-state index is 12.0. The number of hydrogen-bond acceptors (Lipinski definition) is 6. The number of ether oxygens (including phenoxy) is 4. The highest BCUT2D eigenvalue weighted by atomic mass is 16.5. The molecular formula is C22H26O8. The van der Waals surface area contributed by atoms with E-state index in [1.807, 2.05) is 0 Å². The summed E-state index contributed by atoms with van der Waals surface area (Å²) in [4.78, 5) is 24.0. The molecule has 2 aromatic carbocycles. The first-order valence-electron chi connectivity index (χ1n) is 9.22. The van der Waals surface area contributed by atoms with Crippen molar-refractivity contribution < 1.29 is 38.7 Å². The van der Waals surface area contributed by atoms with E-state index in [4.69, 9.17) is 18.9 Å². The average molecular weight is 418 g/mol. The molecule has 8 heteroatoms.